The van der Waals surface area contributed by atoms with E-state index < -0.39 is 0 Å². The van der Waals surface area contributed by atoms with Crippen LogP contribution in [0.3, 0.4) is 0 Å². The van der Waals surface area contributed by atoms with Crippen molar-refractivity contribution in [2.45, 2.75) is 25.9 Å². The molecule has 0 aliphatic carbocycles. The first-order valence-electron chi connectivity index (χ1n) is 7.58. The van der Waals surface area contributed by atoms with E-state index in [9.17, 15) is 0 Å². The van der Waals surface area contributed by atoms with Gasteiger partial charge in [-0.25, -0.2) is 0 Å². The highest BCUT2D eigenvalue weighted by molar-refractivity contribution is 9.10. The highest BCUT2D eigenvalue weighted by Gasteiger charge is 2.23. The standard InChI is InChI=1S/C16H25BrN2O2/c1-3-15-12-21-9-7-19(15)16-10-14(17)5-4-13(16)11-18-6-8-20-2/h4-5,10,15,18H,3,6-9,11-12H2,1-2H3. The van der Waals surface area contributed by atoms with Gasteiger partial charge in [0, 0.05) is 36.9 Å². The molecule has 1 N–H and O–H groups in total. The monoisotopic (exact) mass is 356 g/mol. The molecule has 1 unspecified atom stereocenters. The lowest BCUT2D eigenvalue weighted by atomic mass is 10.1. The molecule has 0 radical (unpaired) electrons. The Hall–Kier alpha value is -0.620. The Balaban J connectivity index is 2.13. The molecule has 1 heterocycles. The number of ether oxygens (including phenoxy) is 2. The Labute approximate surface area is 135 Å². The summed E-state index contributed by atoms with van der Waals surface area (Å²) in [5, 5.41) is 3.44. The Morgan fingerprint density at radius 3 is 3.10 bits per heavy atom. The van der Waals surface area contributed by atoms with Crippen LogP contribution in [0.15, 0.2) is 22.7 Å². The largest absolute Gasteiger partial charge is 0.383 e. The molecule has 1 atom stereocenters. The number of halogens is 1. The number of nitrogens with zero attached hydrogens (tertiary/aromatic N) is 1. The van der Waals surface area contributed by atoms with Gasteiger partial charge in [0.2, 0.25) is 0 Å². The molecule has 2 rings (SSSR count). The first kappa shape index (κ1) is 16.7. The number of benzene rings is 1. The first-order valence-corrected chi connectivity index (χ1v) is 8.38. The summed E-state index contributed by atoms with van der Waals surface area (Å²) in [4.78, 5) is 2.49. The van der Waals surface area contributed by atoms with Crippen LogP contribution in [0.2, 0.25) is 0 Å². The zero-order chi connectivity index (χ0) is 15.1. The molecule has 1 aliphatic heterocycles. The number of rotatable bonds is 7. The molecule has 4 nitrogen and oxygen atoms in total. The number of nitrogens with one attached hydrogen (secondary N) is 1. The van der Waals surface area contributed by atoms with Crippen LogP contribution in [0.1, 0.15) is 18.9 Å². The molecule has 0 bridgehead atoms. The average molecular weight is 357 g/mol. The van der Waals surface area contributed by atoms with E-state index in [1.54, 1.807) is 7.11 Å². The summed E-state index contributed by atoms with van der Waals surface area (Å²) in [6, 6.07) is 6.99. The fraction of sp³-hybridized carbons (Fsp3) is 0.625. The second-order valence-electron chi connectivity index (χ2n) is 5.27. The van der Waals surface area contributed by atoms with E-state index in [0.717, 1.165) is 50.3 Å². The third-order valence-electron chi connectivity index (χ3n) is 3.85. The van der Waals surface area contributed by atoms with Crippen molar-refractivity contribution in [3.05, 3.63) is 28.2 Å². The number of hydrogen-bond donors (Lipinski definition) is 1. The zero-order valence-corrected chi connectivity index (χ0v) is 14.5. The minimum Gasteiger partial charge on any atom is -0.383 e. The van der Waals surface area contributed by atoms with Crippen LogP contribution in [-0.4, -0.2) is 46.1 Å². The van der Waals surface area contributed by atoms with E-state index in [-0.39, 0.29) is 0 Å². The summed E-state index contributed by atoms with van der Waals surface area (Å²) in [7, 11) is 1.73. The topological polar surface area (TPSA) is 33.7 Å². The highest BCUT2D eigenvalue weighted by atomic mass is 79.9. The van der Waals surface area contributed by atoms with Gasteiger partial charge in [-0.15, -0.1) is 0 Å². The van der Waals surface area contributed by atoms with Crippen molar-refractivity contribution in [3.63, 3.8) is 0 Å². The van der Waals surface area contributed by atoms with Crippen LogP contribution >= 0.6 is 15.9 Å². The van der Waals surface area contributed by atoms with Crippen molar-refractivity contribution in [3.8, 4) is 0 Å². The van der Waals surface area contributed by atoms with Crippen LogP contribution < -0.4 is 10.2 Å². The second kappa shape index (κ2) is 8.73. The molecular formula is C16H25BrN2O2. The molecule has 1 aliphatic rings. The molecule has 1 saturated heterocycles. The molecular weight excluding hydrogens is 332 g/mol. The smallest absolute Gasteiger partial charge is 0.0670 e. The summed E-state index contributed by atoms with van der Waals surface area (Å²) in [6.45, 7) is 7.27. The van der Waals surface area contributed by atoms with Gasteiger partial charge in [-0.3, -0.25) is 0 Å². The van der Waals surface area contributed by atoms with Gasteiger partial charge in [-0.2, -0.15) is 0 Å². The average Bonchev–Trinajstić information content (AvgIpc) is 2.52. The Morgan fingerprint density at radius 2 is 2.33 bits per heavy atom. The summed E-state index contributed by atoms with van der Waals surface area (Å²) in [5.74, 6) is 0. The van der Waals surface area contributed by atoms with Gasteiger partial charge in [0.15, 0.2) is 0 Å². The lowest BCUT2D eigenvalue weighted by Crippen LogP contribution is -2.45. The lowest BCUT2D eigenvalue weighted by Gasteiger charge is -2.38. The third-order valence-corrected chi connectivity index (χ3v) is 4.35. The predicted molar refractivity (Wildman–Crippen MR) is 90.0 cm³/mol. The van der Waals surface area contributed by atoms with E-state index in [1.807, 2.05) is 0 Å². The maximum absolute atomic E-state index is 5.62. The van der Waals surface area contributed by atoms with Crippen molar-refractivity contribution >= 4 is 21.6 Å². The number of morpholine rings is 1. The van der Waals surface area contributed by atoms with Crippen LogP contribution in [0.5, 0.6) is 0 Å². The van der Waals surface area contributed by atoms with Gasteiger partial charge in [0.05, 0.1) is 25.9 Å². The summed E-state index contributed by atoms with van der Waals surface area (Å²) in [5.41, 5.74) is 2.64. The molecule has 0 amide bonds. The summed E-state index contributed by atoms with van der Waals surface area (Å²) >= 11 is 3.60. The summed E-state index contributed by atoms with van der Waals surface area (Å²) in [6.07, 6.45) is 1.10. The van der Waals surface area contributed by atoms with E-state index in [0.29, 0.717) is 6.04 Å². The predicted octanol–water partition coefficient (Wildman–Crippen LogP) is 2.80. The quantitative estimate of drug-likeness (QED) is 0.761. The van der Waals surface area contributed by atoms with Gasteiger partial charge >= 0.3 is 0 Å². The number of anilines is 1. The van der Waals surface area contributed by atoms with Gasteiger partial charge in [0.25, 0.3) is 0 Å². The van der Waals surface area contributed by atoms with E-state index in [4.69, 9.17) is 9.47 Å². The van der Waals surface area contributed by atoms with E-state index in [1.165, 1.54) is 11.3 Å². The van der Waals surface area contributed by atoms with Crippen LogP contribution in [0.25, 0.3) is 0 Å². The van der Waals surface area contributed by atoms with Gasteiger partial charge < -0.3 is 19.7 Å². The molecule has 1 aromatic carbocycles. The SMILES string of the molecule is CCC1COCCN1c1cc(Br)ccc1CNCCOC. The molecule has 1 fully saturated rings. The third kappa shape index (κ3) is 4.68. The van der Waals surface area contributed by atoms with Gasteiger partial charge in [0.1, 0.15) is 0 Å². The van der Waals surface area contributed by atoms with Gasteiger partial charge in [-0.1, -0.05) is 28.9 Å². The number of methoxy groups -OCH3 is 1. The molecule has 21 heavy (non-hydrogen) atoms. The Kier molecular flexibility index (Phi) is 6.96. The minimum atomic E-state index is 0.464. The second-order valence-corrected chi connectivity index (χ2v) is 6.19. The minimum absolute atomic E-state index is 0.464. The molecule has 5 heteroatoms. The molecule has 118 valence electrons. The van der Waals surface area contributed by atoms with E-state index >= 15 is 0 Å². The molecule has 0 spiro atoms. The fourth-order valence-corrected chi connectivity index (χ4v) is 3.01. The van der Waals surface area contributed by atoms with Crippen LogP contribution in [-0.2, 0) is 16.0 Å². The van der Waals surface area contributed by atoms with Crippen molar-refractivity contribution < 1.29 is 9.47 Å². The Bertz CT molecular complexity index is 442. The van der Waals surface area contributed by atoms with Crippen molar-refractivity contribution in [1.29, 1.82) is 0 Å². The van der Waals surface area contributed by atoms with Crippen LogP contribution in [0, 0.1) is 0 Å². The van der Waals surface area contributed by atoms with Crippen molar-refractivity contribution in [2.75, 3.05) is 44.9 Å². The molecule has 0 aromatic heterocycles. The normalized spacial score (nSPS) is 19.0. The van der Waals surface area contributed by atoms with Crippen molar-refractivity contribution in [1.82, 2.24) is 5.32 Å². The fourth-order valence-electron chi connectivity index (χ4n) is 2.66. The highest BCUT2D eigenvalue weighted by Crippen LogP contribution is 2.29. The lowest BCUT2D eigenvalue weighted by molar-refractivity contribution is 0.0929. The van der Waals surface area contributed by atoms with E-state index in [2.05, 4.69) is 51.3 Å². The Morgan fingerprint density at radius 1 is 1.48 bits per heavy atom. The van der Waals surface area contributed by atoms with Crippen molar-refractivity contribution in [2.24, 2.45) is 0 Å². The summed E-state index contributed by atoms with van der Waals surface area (Å²) < 4.78 is 11.8. The zero-order valence-electron chi connectivity index (χ0n) is 12.9. The first-order chi connectivity index (χ1) is 10.3. The van der Waals surface area contributed by atoms with Crippen LogP contribution in [0.4, 0.5) is 5.69 Å². The molecule has 1 aromatic rings. The number of hydrogen-bond acceptors (Lipinski definition) is 4. The maximum Gasteiger partial charge on any atom is 0.0670 e. The maximum atomic E-state index is 5.62. The molecule has 0 saturated carbocycles. The van der Waals surface area contributed by atoms with Gasteiger partial charge in [-0.05, 0) is 24.1 Å².